The zero-order valence-corrected chi connectivity index (χ0v) is 11.7. The molecule has 1 aromatic carbocycles. The van der Waals surface area contributed by atoms with Gasteiger partial charge in [0.05, 0.1) is 18.0 Å². The lowest BCUT2D eigenvalue weighted by molar-refractivity contribution is -0.138. The molecule has 0 aliphatic carbocycles. The number of aliphatic carboxylic acids is 1. The maximum absolute atomic E-state index is 13.0. The molecule has 22 heavy (non-hydrogen) atoms. The van der Waals surface area contributed by atoms with Crippen LogP contribution in [-0.2, 0) is 14.4 Å². The van der Waals surface area contributed by atoms with E-state index in [1.165, 1.54) is 31.2 Å². The van der Waals surface area contributed by atoms with Crippen LogP contribution in [0, 0.1) is 5.82 Å². The molecule has 1 aliphatic rings. The Hall–Kier alpha value is -2.70. The van der Waals surface area contributed by atoms with E-state index in [1.807, 2.05) is 0 Å². The van der Waals surface area contributed by atoms with E-state index in [2.05, 4.69) is 0 Å². The van der Waals surface area contributed by atoms with E-state index < -0.39 is 35.3 Å². The Labute approximate surface area is 125 Å². The molecule has 1 aliphatic heterocycles. The standard InChI is InChI=1S/C15H14FNO5/c1-8(18)12-13(9-2-4-10(16)5-3-9)17(7-6-11(19)20)15(22)14(12)21/h2-5,13,21H,6-7H2,1H3,(H,19,20)/t13-/m1/s1. The lowest BCUT2D eigenvalue weighted by atomic mass is 9.96. The highest BCUT2D eigenvalue weighted by Gasteiger charge is 2.42. The van der Waals surface area contributed by atoms with Gasteiger partial charge in [0.1, 0.15) is 5.82 Å². The van der Waals surface area contributed by atoms with Crippen molar-refractivity contribution in [3.63, 3.8) is 0 Å². The Morgan fingerprint density at radius 1 is 1.27 bits per heavy atom. The summed E-state index contributed by atoms with van der Waals surface area (Å²) in [5.41, 5.74) is 0.316. The third kappa shape index (κ3) is 2.83. The first kappa shape index (κ1) is 15.7. The van der Waals surface area contributed by atoms with Crippen LogP contribution in [0.4, 0.5) is 4.39 Å². The fraction of sp³-hybridized carbons (Fsp3) is 0.267. The number of ketones is 1. The van der Waals surface area contributed by atoms with Gasteiger partial charge in [0.15, 0.2) is 11.5 Å². The van der Waals surface area contributed by atoms with E-state index in [1.54, 1.807) is 0 Å². The van der Waals surface area contributed by atoms with Crippen LogP contribution in [0.3, 0.4) is 0 Å². The van der Waals surface area contributed by atoms with Gasteiger partial charge in [0.25, 0.3) is 5.91 Å². The fourth-order valence-corrected chi connectivity index (χ4v) is 2.45. The quantitative estimate of drug-likeness (QED) is 0.861. The van der Waals surface area contributed by atoms with Gasteiger partial charge in [0, 0.05) is 6.54 Å². The molecule has 0 spiro atoms. The first-order valence-electron chi connectivity index (χ1n) is 6.55. The minimum Gasteiger partial charge on any atom is -0.503 e. The molecule has 6 nitrogen and oxygen atoms in total. The van der Waals surface area contributed by atoms with Crippen molar-refractivity contribution in [2.24, 2.45) is 0 Å². The molecule has 1 amide bonds. The van der Waals surface area contributed by atoms with E-state index in [0.29, 0.717) is 5.56 Å². The Morgan fingerprint density at radius 3 is 2.36 bits per heavy atom. The largest absolute Gasteiger partial charge is 0.503 e. The summed E-state index contributed by atoms with van der Waals surface area (Å²) in [7, 11) is 0. The molecule has 1 heterocycles. The molecular weight excluding hydrogens is 293 g/mol. The third-order valence-electron chi connectivity index (χ3n) is 3.44. The SMILES string of the molecule is CC(=O)C1=C(O)C(=O)N(CCC(=O)O)[C@@H]1c1ccc(F)cc1. The highest BCUT2D eigenvalue weighted by Crippen LogP contribution is 2.37. The first-order chi connectivity index (χ1) is 10.3. The monoisotopic (exact) mass is 307 g/mol. The highest BCUT2D eigenvalue weighted by molar-refractivity contribution is 6.08. The Bertz CT molecular complexity index is 665. The second kappa shape index (κ2) is 5.97. The van der Waals surface area contributed by atoms with Crippen LogP contribution in [0.5, 0.6) is 0 Å². The van der Waals surface area contributed by atoms with Crippen LogP contribution in [0.2, 0.25) is 0 Å². The van der Waals surface area contributed by atoms with Crippen molar-refractivity contribution >= 4 is 17.7 Å². The summed E-state index contributed by atoms with van der Waals surface area (Å²) in [5.74, 6) is -3.59. The number of nitrogens with zero attached hydrogens (tertiary/aromatic N) is 1. The van der Waals surface area contributed by atoms with Crippen molar-refractivity contribution in [3.8, 4) is 0 Å². The number of carbonyl (C=O) groups excluding carboxylic acids is 2. The van der Waals surface area contributed by atoms with Crippen molar-refractivity contribution in [1.29, 1.82) is 0 Å². The summed E-state index contributed by atoms with van der Waals surface area (Å²) in [6.07, 6.45) is -0.331. The van der Waals surface area contributed by atoms with Crippen molar-refractivity contribution < 1.29 is 29.0 Å². The van der Waals surface area contributed by atoms with E-state index in [4.69, 9.17) is 5.11 Å². The average molecular weight is 307 g/mol. The van der Waals surface area contributed by atoms with Gasteiger partial charge in [0.2, 0.25) is 0 Å². The molecule has 7 heteroatoms. The van der Waals surface area contributed by atoms with Crippen LogP contribution in [0.25, 0.3) is 0 Å². The summed E-state index contributed by atoms with van der Waals surface area (Å²) in [6, 6.07) is 4.21. The van der Waals surface area contributed by atoms with Crippen molar-refractivity contribution in [2.45, 2.75) is 19.4 Å². The zero-order chi connectivity index (χ0) is 16.4. The van der Waals surface area contributed by atoms with Crippen molar-refractivity contribution in [2.75, 3.05) is 6.54 Å². The van der Waals surface area contributed by atoms with E-state index in [0.717, 1.165) is 4.90 Å². The van der Waals surface area contributed by atoms with Crippen LogP contribution in [0.15, 0.2) is 35.6 Å². The number of carboxylic acids is 1. The summed E-state index contributed by atoms with van der Waals surface area (Å²) in [6.45, 7) is 1.03. The molecule has 116 valence electrons. The molecular formula is C15H14FNO5. The molecule has 1 atom stereocenters. The van der Waals surface area contributed by atoms with Crippen LogP contribution >= 0.6 is 0 Å². The topological polar surface area (TPSA) is 94.9 Å². The molecule has 0 fully saturated rings. The number of amides is 1. The second-order valence-corrected chi connectivity index (χ2v) is 4.91. The Balaban J connectivity index is 2.45. The van der Waals surface area contributed by atoms with Gasteiger partial charge in [-0.25, -0.2) is 4.39 Å². The minimum atomic E-state index is -1.11. The third-order valence-corrected chi connectivity index (χ3v) is 3.44. The minimum absolute atomic E-state index is 0.109. The van der Waals surface area contributed by atoms with Gasteiger partial charge in [-0.05, 0) is 24.6 Å². The van der Waals surface area contributed by atoms with Crippen molar-refractivity contribution in [1.82, 2.24) is 4.90 Å². The number of aliphatic hydroxyl groups excluding tert-OH is 1. The van der Waals surface area contributed by atoms with E-state index in [9.17, 15) is 23.9 Å². The Kier molecular flexibility index (Phi) is 4.25. The number of hydrogen-bond acceptors (Lipinski definition) is 4. The number of Topliss-reactive ketones (excluding diaryl/α,β-unsaturated/α-hetero) is 1. The lowest BCUT2D eigenvalue weighted by Gasteiger charge is -2.26. The number of carboxylic acid groups (broad SMARTS) is 1. The molecule has 2 N–H and O–H groups in total. The van der Waals surface area contributed by atoms with E-state index >= 15 is 0 Å². The van der Waals surface area contributed by atoms with Gasteiger partial charge >= 0.3 is 5.97 Å². The van der Waals surface area contributed by atoms with Crippen LogP contribution < -0.4 is 0 Å². The summed E-state index contributed by atoms with van der Waals surface area (Å²) >= 11 is 0. The van der Waals surface area contributed by atoms with Crippen LogP contribution in [-0.4, -0.2) is 39.3 Å². The van der Waals surface area contributed by atoms with Gasteiger partial charge in [-0.2, -0.15) is 0 Å². The molecule has 1 aromatic rings. The summed E-state index contributed by atoms with van der Waals surface area (Å²) in [4.78, 5) is 35.7. The lowest BCUT2D eigenvalue weighted by Crippen LogP contribution is -2.33. The molecule has 0 radical (unpaired) electrons. The molecule has 2 rings (SSSR count). The average Bonchev–Trinajstić information content (AvgIpc) is 2.70. The normalized spacial score (nSPS) is 18.0. The second-order valence-electron chi connectivity index (χ2n) is 4.91. The molecule has 0 saturated heterocycles. The summed E-state index contributed by atoms with van der Waals surface area (Å²) in [5, 5.41) is 18.7. The van der Waals surface area contributed by atoms with Crippen molar-refractivity contribution in [3.05, 3.63) is 47.0 Å². The highest BCUT2D eigenvalue weighted by atomic mass is 19.1. The molecule has 0 bridgehead atoms. The van der Waals surface area contributed by atoms with Gasteiger partial charge in [-0.15, -0.1) is 0 Å². The number of hydrogen-bond donors (Lipinski definition) is 2. The van der Waals surface area contributed by atoms with Crippen LogP contribution in [0.1, 0.15) is 24.9 Å². The number of halogens is 1. The van der Waals surface area contributed by atoms with Gasteiger partial charge in [-0.1, -0.05) is 12.1 Å². The predicted molar refractivity (Wildman–Crippen MR) is 73.4 cm³/mol. The maximum atomic E-state index is 13.0. The zero-order valence-electron chi connectivity index (χ0n) is 11.7. The Morgan fingerprint density at radius 2 is 1.86 bits per heavy atom. The maximum Gasteiger partial charge on any atom is 0.305 e. The molecule has 0 unspecified atom stereocenters. The molecule has 0 aromatic heterocycles. The number of carbonyl (C=O) groups is 3. The fourth-order valence-electron chi connectivity index (χ4n) is 2.45. The van der Waals surface area contributed by atoms with E-state index in [-0.39, 0.29) is 18.5 Å². The predicted octanol–water partition coefficient (Wildman–Crippen LogP) is 1.58. The van der Waals surface area contributed by atoms with Gasteiger partial charge in [-0.3, -0.25) is 14.4 Å². The van der Waals surface area contributed by atoms with Gasteiger partial charge < -0.3 is 15.1 Å². The number of benzene rings is 1. The number of rotatable bonds is 5. The molecule has 0 saturated carbocycles. The first-order valence-corrected chi connectivity index (χ1v) is 6.55. The number of aliphatic hydroxyl groups is 1. The smallest absolute Gasteiger partial charge is 0.305 e. The summed E-state index contributed by atoms with van der Waals surface area (Å²) < 4.78 is 13.0.